The number of piperazine rings is 1. The number of nitrogens with one attached hydrogen (secondary N) is 2. The summed E-state index contributed by atoms with van der Waals surface area (Å²) in [5, 5.41) is 5.32. The summed E-state index contributed by atoms with van der Waals surface area (Å²) in [6.45, 7) is 4.25. The minimum absolute atomic E-state index is 0.0419. The largest absolute Gasteiger partial charge is 0.478 e. The molecule has 2 aliphatic rings. The van der Waals surface area contributed by atoms with Gasteiger partial charge in [-0.1, -0.05) is 24.6 Å². The van der Waals surface area contributed by atoms with E-state index in [1.54, 1.807) is 18.2 Å². The van der Waals surface area contributed by atoms with Crippen molar-refractivity contribution in [3.63, 3.8) is 0 Å². The van der Waals surface area contributed by atoms with Gasteiger partial charge in [-0.3, -0.25) is 14.4 Å². The van der Waals surface area contributed by atoms with E-state index in [0.717, 1.165) is 5.56 Å². The fourth-order valence-electron chi connectivity index (χ4n) is 3.96. The van der Waals surface area contributed by atoms with Crippen molar-refractivity contribution in [2.45, 2.75) is 31.3 Å². The van der Waals surface area contributed by atoms with E-state index >= 15 is 0 Å². The van der Waals surface area contributed by atoms with Crippen molar-refractivity contribution in [3.8, 4) is 5.75 Å². The average Bonchev–Trinajstić information content (AvgIpc) is 2.86. The predicted octanol–water partition coefficient (Wildman–Crippen LogP) is 1.37. The summed E-state index contributed by atoms with van der Waals surface area (Å²) in [4.78, 5) is 38.4. The lowest BCUT2D eigenvalue weighted by Crippen LogP contribution is -2.52. The number of benzene rings is 2. The number of hydrogen-bond acceptors (Lipinski definition) is 6. The summed E-state index contributed by atoms with van der Waals surface area (Å²) < 4.78 is 33.3. The molecule has 0 unspecified atom stereocenters. The molecule has 0 radical (unpaired) electrons. The van der Waals surface area contributed by atoms with Crippen LogP contribution in [0.2, 0.25) is 0 Å². The maximum absolute atomic E-state index is 13.2. The Morgan fingerprint density at radius 2 is 1.77 bits per heavy atom. The quantitative estimate of drug-likeness (QED) is 0.617. The molecule has 1 fully saturated rings. The zero-order valence-electron chi connectivity index (χ0n) is 19.6. The second-order valence-corrected chi connectivity index (χ2v) is 10.4. The fraction of sp³-hybridized carbons (Fsp3) is 0.375. The van der Waals surface area contributed by atoms with Gasteiger partial charge in [-0.05, 0) is 43.7 Å². The van der Waals surface area contributed by atoms with Crippen LogP contribution in [0.25, 0.3) is 0 Å². The highest BCUT2D eigenvalue weighted by Crippen LogP contribution is 2.33. The molecule has 2 N–H and O–H groups in total. The molecule has 0 bridgehead atoms. The summed E-state index contributed by atoms with van der Waals surface area (Å²) in [6.07, 6.45) is -0.0959. The maximum atomic E-state index is 13.2. The van der Waals surface area contributed by atoms with Crippen LogP contribution in [0.4, 0.5) is 5.69 Å². The number of aryl methyl sites for hydroxylation is 1. The standard InChI is InChI=1S/C24H28N4O6S/c1-3-20-24(31)26-19-14-18(8-9-21(19)34-20)35(32,33)28-12-10-27(11-13-28)22(29)15-25-23(30)17-6-4-16(2)5-7-17/h4-9,14,20H,3,10-13,15H2,1-2H3,(H,25,30)(H,26,31)/t20-/m0/s1. The number of ether oxygens (including phenoxy) is 1. The molecule has 0 saturated carbocycles. The van der Waals surface area contributed by atoms with E-state index in [4.69, 9.17) is 4.74 Å². The zero-order chi connectivity index (χ0) is 25.2. The topological polar surface area (TPSA) is 125 Å². The number of amides is 3. The summed E-state index contributed by atoms with van der Waals surface area (Å²) in [5.41, 5.74) is 1.82. The van der Waals surface area contributed by atoms with Gasteiger partial charge in [-0.15, -0.1) is 0 Å². The molecule has 11 heteroatoms. The van der Waals surface area contributed by atoms with Gasteiger partial charge in [0, 0.05) is 31.7 Å². The van der Waals surface area contributed by atoms with Gasteiger partial charge < -0.3 is 20.3 Å². The maximum Gasteiger partial charge on any atom is 0.265 e. The minimum atomic E-state index is -3.83. The Labute approximate surface area is 204 Å². The number of fused-ring (bicyclic) bond motifs is 1. The molecule has 2 aromatic carbocycles. The van der Waals surface area contributed by atoms with Crippen LogP contribution in [0.5, 0.6) is 5.75 Å². The van der Waals surface area contributed by atoms with Crippen LogP contribution in [-0.2, 0) is 19.6 Å². The van der Waals surface area contributed by atoms with Crippen LogP contribution in [-0.4, -0.2) is 74.2 Å². The Balaban J connectivity index is 1.33. The molecular formula is C24H28N4O6S. The number of anilines is 1. The number of hydrogen-bond donors (Lipinski definition) is 2. The molecule has 0 spiro atoms. The average molecular weight is 501 g/mol. The highest BCUT2D eigenvalue weighted by atomic mass is 32.2. The van der Waals surface area contributed by atoms with E-state index in [1.165, 1.54) is 21.3 Å². The zero-order valence-corrected chi connectivity index (χ0v) is 20.4. The molecular weight excluding hydrogens is 472 g/mol. The van der Waals surface area contributed by atoms with Crippen LogP contribution in [0.3, 0.4) is 0 Å². The van der Waals surface area contributed by atoms with Crippen molar-refractivity contribution >= 4 is 33.4 Å². The lowest BCUT2D eigenvalue weighted by atomic mass is 10.1. The molecule has 10 nitrogen and oxygen atoms in total. The van der Waals surface area contributed by atoms with Gasteiger partial charge in [-0.25, -0.2) is 8.42 Å². The molecule has 2 aliphatic heterocycles. The van der Waals surface area contributed by atoms with Gasteiger partial charge in [0.2, 0.25) is 15.9 Å². The van der Waals surface area contributed by atoms with E-state index in [1.807, 2.05) is 26.0 Å². The van der Waals surface area contributed by atoms with Crippen molar-refractivity contribution in [3.05, 3.63) is 53.6 Å². The van der Waals surface area contributed by atoms with E-state index in [-0.39, 0.29) is 55.3 Å². The van der Waals surface area contributed by atoms with Gasteiger partial charge in [0.25, 0.3) is 11.8 Å². The van der Waals surface area contributed by atoms with Crippen molar-refractivity contribution in [1.29, 1.82) is 0 Å². The second-order valence-electron chi connectivity index (χ2n) is 8.50. The lowest BCUT2D eigenvalue weighted by Gasteiger charge is -2.34. The molecule has 1 atom stereocenters. The van der Waals surface area contributed by atoms with Crippen LogP contribution in [0.15, 0.2) is 47.4 Å². The summed E-state index contributed by atoms with van der Waals surface area (Å²) in [7, 11) is -3.83. The van der Waals surface area contributed by atoms with Gasteiger partial charge in [0.05, 0.1) is 17.1 Å². The molecule has 4 rings (SSSR count). The fourth-order valence-corrected chi connectivity index (χ4v) is 5.41. The van der Waals surface area contributed by atoms with Gasteiger partial charge in [0.1, 0.15) is 5.75 Å². The Morgan fingerprint density at radius 3 is 2.43 bits per heavy atom. The summed E-state index contributed by atoms with van der Waals surface area (Å²) >= 11 is 0. The molecule has 2 heterocycles. The third-order valence-electron chi connectivity index (χ3n) is 6.08. The predicted molar refractivity (Wildman–Crippen MR) is 129 cm³/mol. The number of carbonyl (C=O) groups is 3. The van der Waals surface area contributed by atoms with Crippen LogP contribution in [0, 0.1) is 6.92 Å². The van der Waals surface area contributed by atoms with Gasteiger partial charge in [0.15, 0.2) is 6.10 Å². The Kier molecular flexibility index (Phi) is 7.08. The molecule has 0 aromatic heterocycles. The molecule has 2 aromatic rings. The summed E-state index contributed by atoms with van der Waals surface area (Å²) in [5.74, 6) is -0.496. The monoisotopic (exact) mass is 500 g/mol. The third kappa shape index (κ3) is 5.30. The molecule has 186 valence electrons. The van der Waals surface area contributed by atoms with Gasteiger partial charge >= 0.3 is 0 Å². The highest BCUT2D eigenvalue weighted by molar-refractivity contribution is 7.89. The first kappa shape index (κ1) is 24.7. The highest BCUT2D eigenvalue weighted by Gasteiger charge is 2.32. The van der Waals surface area contributed by atoms with Gasteiger partial charge in [-0.2, -0.15) is 4.31 Å². The van der Waals surface area contributed by atoms with E-state index in [9.17, 15) is 22.8 Å². The molecule has 35 heavy (non-hydrogen) atoms. The van der Waals surface area contributed by atoms with E-state index in [0.29, 0.717) is 23.4 Å². The number of rotatable bonds is 6. The Bertz CT molecular complexity index is 1240. The van der Waals surface area contributed by atoms with Crippen LogP contribution >= 0.6 is 0 Å². The van der Waals surface area contributed by atoms with E-state index < -0.39 is 16.1 Å². The Morgan fingerprint density at radius 1 is 1.09 bits per heavy atom. The number of sulfonamides is 1. The first-order valence-electron chi connectivity index (χ1n) is 11.4. The smallest absolute Gasteiger partial charge is 0.265 e. The molecule has 0 aliphatic carbocycles. The van der Waals surface area contributed by atoms with Crippen LogP contribution < -0.4 is 15.4 Å². The molecule has 3 amide bonds. The number of nitrogens with zero attached hydrogens (tertiary/aromatic N) is 2. The second kappa shape index (κ2) is 10.0. The SMILES string of the molecule is CC[C@@H]1Oc2ccc(S(=O)(=O)N3CCN(C(=O)CNC(=O)c4ccc(C)cc4)CC3)cc2NC1=O. The third-order valence-corrected chi connectivity index (χ3v) is 7.98. The van der Waals surface area contributed by atoms with Crippen molar-refractivity contribution in [1.82, 2.24) is 14.5 Å². The van der Waals surface area contributed by atoms with Crippen molar-refractivity contribution in [2.75, 3.05) is 38.0 Å². The van der Waals surface area contributed by atoms with Crippen molar-refractivity contribution < 1.29 is 27.5 Å². The van der Waals surface area contributed by atoms with Crippen LogP contribution in [0.1, 0.15) is 29.3 Å². The normalized spacial score (nSPS) is 18.3. The van der Waals surface area contributed by atoms with E-state index in [2.05, 4.69) is 10.6 Å². The van der Waals surface area contributed by atoms with Crippen molar-refractivity contribution in [2.24, 2.45) is 0 Å². The lowest BCUT2D eigenvalue weighted by molar-refractivity contribution is -0.131. The number of carbonyl (C=O) groups excluding carboxylic acids is 3. The first-order chi connectivity index (χ1) is 16.7. The minimum Gasteiger partial charge on any atom is -0.478 e. The summed E-state index contributed by atoms with van der Waals surface area (Å²) in [6, 6.07) is 11.4. The molecule has 1 saturated heterocycles. The Hall–Kier alpha value is -3.44. The first-order valence-corrected chi connectivity index (χ1v) is 12.9.